The quantitative estimate of drug-likeness (QED) is 0.359. The van der Waals surface area contributed by atoms with Crippen molar-refractivity contribution in [2.24, 2.45) is 0 Å². The number of hydrogen-bond donors (Lipinski definition) is 2. The summed E-state index contributed by atoms with van der Waals surface area (Å²) in [6.45, 7) is 2.46. The fourth-order valence-corrected chi connectivity index (χ4v) is 3.44. The monoisotopic (exact) mass is 470 g/mol. The van der Waals surface area contributed by atoms with Crippen LogP contribution in [-0.2, 0) is 11.2 Å². The number of carbonyl (C=O) groups is 2. The van der Waals surface area contributed by atoms with Crippen LogP contribution < -0.4 is 15.4 Å². The molecule has 0 saturated carbocycles. The average Bonchev–Trinajstić information content (AvgIpc) is 2.81. The molecule has 1 atom stereocenters. The number of anilines is 1. The molecule has 0 spiro atoms. The zero-order valence-corrected chi connectivity index (χ0v) is 19.2. The van der Waals surface area contributed by atoms with Gasteiger partial charge >= 0.3 is 0 Å². The lowest BCUT2D eigenvalue weighted by atomic mass is 10.0. The Labute approximate surface area is 196 Å². The molecule has 0 radical (unpaired) electrons. The number of benzene rings is 2. The maximum Gasteiger partial charge on any atom is 0.272 e. The molecule has 0 aliphatic carbocycles. The molecular formula is C23H23ClN4O3S. The highest BCUT2D eigenvalue weighted by molar-refractivity contribution is 7.98. The third-order valence-electron chi connectivity index (χ3n) is 4.46. The van der Waals surface area contributed by atoms with Gasteiger partial charge in [-0.1, -0.05) is 53.7 Å². The second-order valence-corrected chi connectivity index (χ2v) is 7.90. The standard InChI is InChI=1S/C23H23ClN4O3S/c1-3-31-17-11-9-16(10-12-17)26-21(29)19(13-15-7-5-4-6-8-15)27-22(30)20-18(24)14-25-23(28-20)32-2/h4-12,14,19H,3,13H2,1-2H3,(H,26,29)(H,27,30)/t19-/m0/s1. The molecule has 0 bridgehead atoms. The van der Waals surface area contributed by atoms with Crippen molar-refractivity contribution in [3.8, 4) is 5.75 Å². The van der Waals surface area contributed by atoms with Crippen LogP contribution in [0.1, 0.15) is 23.0 Å². The minimum atomic E-state index is -0.847. The third kappa shape index (κ3) is 6.45. The van der Waals surface area contributed by atoms with Gasteiger partial charge in [0.1, 0.15) is 11.8 Å². The van der Waals surface area contributed by atoms with Crippen LogP contribution in [0.5, 0.6) is 5.75 Å². The molecule has 1 aromatic heterocycles. The summed E-state index contributed by atoms with van der Waals surface area (Å²) in [5, 5.41) is 6.14. The molecule has 166 valence electrons. The summed E-state index contributed by atoms with van der Waals surface area (Å²) in [5.74, 6) is -0.195. The van der Waals surface area contributed by atoms with Gasteiger partial charge < -0.3 is 15.4 Å². The van der Waals surface area contributed by atoms with E-state index in [0.717, 1.165) is 5.56 Å². The number of aromatic nitrogens is 2. The van der Waals surface area contributed by atoms with Gasteiger partial charge in [-0.3, -0.25) is 9.59 Å². The minimum absolute atomic E-state index is 0.0259. The van der Waals surface area contributed by atoms with Crippen molar-refractivity contribution in [2.45, 2.75) is 24.5 Å². The van der Waals surface area contributed by atoms with Gasteiger partial charge in [0.05, 0.1) is 17.8 Å². The van der Waals surface area contributed by atoms with Crippen molar-refractivity contribution in [1.82, 2.24) is 15.3 Å². The minimum Gasteiger partial charge on any atom is -0.494 e. The number of hydrogen-bond acceptors (Lipinski definition) is 6. The summed E-state index contributed by atoms with van der Waals surface area (Å²) in [6.07, 6.45) is 3.47. The second-order valence-electron chi connectivity index (χ2n) is 6.72. The summed E-state index contributed by atoms with van der Waals surface area (Å²) < 4.78 is 5.43. The lowest BCUT2D eigenvalue weighted by Gasteiger charge is -2.19. The van der Waals surface area contributed by atoms with Crippen molar-refractivity contribution < 1.29 is 14.3 Å². The fourth-order valence-electron chi connectivity index (χ4n) is 2.92. The first-order chi connectivity index (χ1) is 15.5. The normalized spacial score (nSPS) is 11.5. The van der Waals surface area contributed by atoms with Crippen molar-refractivity contribution in [2.75, 3.05) is 18.2 Å². The predicted molar refractivity (Wildman–Crippen MR) is 126 cm³/mol. The Bertz CT molecular complexity index is 1060. The molecule has 0 unspecified atom stereocenters. The SMILES string of the molecule is CCOc1ccc(NC(=O)[C@H](Cc2ccccc2)NC(=O)c2nc(SC)ncc2Cl)cc1. The Kier molecular flexibility index (Phi) is 8.47. The number of halogens is 1. The topological polar surface area (TPSA) is 93.2 Å². The van der Waals surface area contributed by atoms with E-state index >= 15 is 0 Å². The van der Waals surface area contributed by atoms with Crippen LogP contribution in [0.4, 0.5) is 5.69 Å². The first kappa shape index (κ1) is 23.6. The molecule has 2 N–H and O–H groups in total. The number of amides is 2. The number of rotatable bonds is 9. The van der Waals surface area contributed by atoms with E-state index in [-0.39, 0.29) is 16.6 Å². The van der Waals surface area contributed by atoms with E-state index in [4.69, 9.17) is 16.3 Å². The van der Waals surface area contributed by atoms with Gasteiger partial charge in [0, 0.05) is 12.1 Å². The van der Waals surface area contributed by atoms with E-state index in [1.807, 2.05) is 37.3 Å². The van der Waals surface area contributed by atoms with Crippen LogP contribution in [0.15, 0.2) is 66.0 Å². The van der Waals surface area contributed by atoms with E-state index in [0.29, 0.717) is 29.6 Å². The van der Waals surface area contributed by atoms with Crippen molar-refractivity contribution >= 4 is 40.9 Å². The zero-order valence-electron chi connectivity index (χ0n) is 17.7. The molecule has 32 heavy (non-hydrogen) atoms. The van der Waals surface area contributed by atoms with Crippen LogP contribution in [0.2, 0.25) is 5.02 Å². The largest absolute Gasteiger partial charge is 0.494 e. The Balaban J connectivity index is 1.79. The molecule has 2 amide bonds. The molecule has 3 rings (SSSR count). The summed E-state index contributed by atoms with van der Waals surface area (Å²) in [6, 6.07) is 15.6. The molecule has 0 aliphatic heterocycles. The molecule has 0 aliphatic rings. The lowest BCUT2D eigenvalue weighted by molar-refractivity contribution is -0.118. The molecule has 9 heteroatoms. The van der Waals surface area contributed by atoms with Gasteiger partial charge in [-0.2, -0.15) is 0 Å². The van der Waals surface area contributed by atoms with Crippen molar-refractivity contribution in [3.63, 3.8) is 0 Å². The maximum absolute atomic E-state index is 13.1. The van der Waals surface area contributed by atoms with Crippen LogP contribution in [0.3, 0.4) is 0 Å². The van der Waals surface area contributed by atoms with Gasteiger partial charge in [-0.05, 0) is 43.0 Å². The smallest absolute Gasteiger partial charge is 0.272 e. The molecule has 0 saturated heterocycles. The van der Waals surface area contributed by atoms with E-state index < -0.39 is 11.9 Å². The van der Waals surface area contributed by atoms with Gasteiger partial charge in [-0.25, -0.2) is 9.97 Å². The summed E-state index contributed by atoms with van der Waals surface area (Å²) >= 11 is 7.43. The van der Waals surface area contributed by atoms with E-state index in [1.54, 1.807) is 30.5 Å². The van der Waals surface area contributed by atoms with Crippen LogP contribution >= 0.6 is 23.4 Å². The van der Waals surface area contributed by atoms with Crippen molar-refractivity contribution in [1.29, 1.82) is 0 Å². The van der Waals surface area contributed by atoms with Gasteiger partial charge in [0.2, 0.25) is 5.91 Å². The number of nitrogens with zero attached hydrogens (tertiary/aromatic N) is 2. The average molecular weight is 471 g/mol. The summed E-state index contributed by atoms with van der Waals surface area (Å²) in [5.41, 5.74) is 1.52. The Morgan fingerprint density at radius 2 is 1.84 bits per heavy atom. The molecular weight excluding hydrogens is 448 g/mol. The number of ether oxygens (including phenoxy) is 1. The highest BCUT2D eigenvalue weighted by Gasteiger charge is 2.24. The van der Waals surface area contributed by atoms with Crippen molar-refractivity contribution in [3.05, 3.63) is 77.1 Å². The predicted octanol–water partition coefficient (Wildman–Crippen LogP) is 4.23. The van der Waals surface area contributed by atoms with Gasteiger partial charge in [0.25, 0.3) is 5.91 Å². The number of thioether (sulfide) groups is 1. The number of nitrogens with one attached hydrogen (secondary N) is 2. The molecule has 7 nitrogen and oxygen atoms in total. The van der Waals surface area contributed by atoms with E-state index in [9.17, 15) is 9.59 Å². The molecule has 1 heterocycles. The third-order valence-corrected chi connectivity index (χ3v) is 5.30. The second kappa shape index (κ2) is 11.5. The van der Waals surface area contributed by atoms with E-state index in [2.05, 4.69) is 20.6 Å². The van der Waals surface area contributed by atoms with E-state index in [1.165, 1.54) is 18.0 Å². The Morgan fingerprint density at radius 3 is 2.50 bits per heavy atom. The first-order valence-corrected chi connectivity index (χ1v) is 11.6. The first-order valence-electron chi connectivity index (χ1n) is 9.95. The van der Waals surface area contributed by atoms with Gasteiger partial charge in [-0.15, -0.1) is 0 Å². The molecule has 0 fully saturated rings. The zero-order chi connectivity index (χ0) is 22.9. The number of carbonyl (C=O) groups excluding carboxylic acids is 2. The molecule has 2 aromatic carbocycles. The van der Waals surface area contributed by atoms with Crippen LogP contribution in [-0.4, -0.2) is 40.7 Å². The maximum atomic E-state index is 13.1. The lowest BCUT2D eigenvalue weighted by Crippen LogP contribution is -2.45. The highest BCUT2D eigenvalue weighted by atomic mass is 35.5. The summed E-state index contributed by atoms with van der Waals surface area (Å²) in [7, 11) is 0. The van der Waals surface area contributed by atoms with Gasteiger partial charge in [0.15, 0.2) is 10.9 Å². The fraction of sp³-hybridized carbons (Fsp3) is 0.217. The van der Waals surface area contributed by atoms with Crippen LogP contribution in [0.25, 0.3) is 0 Å². The Hall–Kier alpha value is -3.10. The Morgan fingerprint density at radius 1 is 1.12 bits per heavy atom. The molecule has 3 aromatic rings. The van der Waals surface area contributed by atoms with Crippen LogP contribution in [0, 0.1) is 0 Å². The summed E-state index contributed by atoms with van der Waals surface area (Å²) in [4.78, 5) is 34.2. The highest BCUT2D eigenvalue weighted by Crippen LogP contribution is 2.18.